The van der Waals surface area contributed by atoms with Crippen LogP contribution in [0, 0.1) is 6.92 Å². The number of imidazole rings is 1. The standard InChI is InChI=1S/C13H21N5O/c1-10-11(13(19-4)18(3)16-10)9-14-6-5-12-15-7-8-17(12)2/h7-8,14H,5-6,9H2,1-4H3. The molecule has 0 spiro atoms. The highest BCUT2D eigenvalue weighted by atomic mass is 16.5. The molecular weight excluding hydrogens is 242 g/mol. The molecule has 2 aromatic heterocycles. The lowest BCUT2D eigenvalue weighted by Gasteiger charge is -2.07. The topological polar surface area (TPSA) is 56.9 Å². The lowest BCUT2D eigenvalue weighted by Crippen LogP contribution is -2.18. The molecule has 0 aliphatic carbocycles. The third-order valence-electron chi connectivity index (χ3n) is 3.23. The summed E-state index contributed by atoms with van der Waals surface area (Å²) in [6.07, 6.45) is 4.69. The molecule has 0 fully saturated rings. The molecule has 2 aromatic rings. The van der Waals surface area contributed by atoms with E-state index in [2.05, 4.69) is 15.4 Å². The maximum atomic E-state index is 5.36. The quantitative estimate of drug-likeness (QED) is 0.783. The van der Waals surface area contributed by atoms with Crippen LogP contribution in [0.4, 0.5) is 0 Å². The SMILES string of the molecule is COc1c(CNCCc2nccn2C)c(C)nn1C. The Labute approximate surface area is 113 Å². The second-order valence-electron chi connectivity index (χ2n) is 4.58. The summed E-state index contributed by atoms with van der Waals surface area (Å²) < 4.78 is 9.17. The van der Waals surface area contributed by atoms with Crippen molar-refractivity contribution in [1.82, 2.24) is 24.6 Å². The number of hydrogen-bond donors (Lipinski definition) is 1. The van der Waals surface area contributed by atoms with Gasteiger partial charge in [0.2, 0.25) is 5.88 Å². The van der Waals surface area contributed by atoms with Crippen LogP contribution in [0.2, 0.25) is 0 Å². The number of aromatic nitrogens is 4. The zero-order chi connectivity index (χ0) is 13.8. The highest BCUT2D eigenvalue weighted by molar-refractivity contribution is 5.30. The molecule has 19 heavy (non-hydrogen) atoms. The van der Waals surface area contributed by atoms with Crippen molar-refractivity contribution in [3.8, 4) is 5.88 Å². The summed E-state index contributed by atoms with van der Waals surface area (Å²) in [6.45, 7) is 3.63. The van der Waals surface area contributed by atoms with Crippen LogP contribution in [0.15, 0.2) is 12.4 Å². The van der Waals surface area contributed by atoms with Crippen LogP contribution in [0.25, 0.3) is 0 Å². The van der Waals surface area contributed by atoms with Crippen molar-refractivity contribution in [3.05, 3.63) is 29.5 Å². The highest BCUT2D eigenvalue weighted by Crippen LogP contribution is 2.20. The van der Waals surface area contributed by atoms with E-state index in [1.165, 1.54) is 0 Å². The lowest BCUT2D eigenvalue weighted by atomic mass is 10.2. The molecule has 0 aromatic carbocycles. The molecule has 0 saturated carbocycles. The molecular formula is C13H21N5O. The van der Waals surface area contributed by atoms with Gasteiger partial charge in [-0.1, -0.05) is 0 Å². The minimum atomic E-state index is 0.757. The summed E-state index contributed by atoms with van der Waals surface area (Å²) in [5.41, 5.74) is 2.12. The third kappa shape index (κ3) is 2.96. The van der Waals surface area contributed by atoms with Gasteiger partial charge in [0.1, 0.15) is 5.82 Å². The molecule has 6 heteroatoms. The molecule has 0 unspecified atom stereocenters. The average Bonchev–Trinajstić information content (AvgIpc) is 2.89. The fraction of sp³-hybridized carbons (Fsp3) is 0.538. The van der Waals surface area contributed by atoms with E-state index in [0.29, 0.717) is 0 Å². The Kier molecular flexibility index (Phi) is 4.21. The van der Waals surface area contributed by atoms with Gasteiger partial charge in [-0.05, 0) is 6.92 Å². The Morgan fingerprint density at radius 2 is 2.16 bits per heavy atom. The Balaban J connectivity index is 1.88. The van der Waals surface area contributed by atoms with E-state index in [4.69, 9.17) is 4.74 Å². The fourth-order valence-electron chi connectivity index (χ4n) is 2.19. The Morgan fingerprint density at radius 1 is 1.37 bits per heavy atom. The molecule has 104 valence electrons. The van der Waals surface area contributed by atoms with Crippen molar-refractivity contribution in [1.29, 1.82) is 0 Å². The summed E-state index contributed by atoms with van der Waals surface area (Å²) in [6, 6.07) is 0. The second-order valence-corrected chi connectivity index (χ2v) is 4.58. The lowest BCUT2D eigenvalue weighted by molar-refractivity contribution is 0.368. The number of ether oxygens (including phenoxy) is 1. The molecule has 0 bridgehead atoms. The number of hydrogen-bond acceptors (Lipinski definition) is 4. The number of aryl methyl sites for hydroxylation is 3. The molecule has 2 heterocycles. The molecule has 0 radical (unpaired) electrons. The van der Waals surface area contributed by atoms with Gasteiger partial charge in [-0.3, -0.25) is 0 Å². The van der Waals surface area contributed by atoms with Crippen molar-refractivity contribution >= 4 is 0 Å². The normalized spacial score (nSPS) is 10.9. The van der Waals surface area contributed by atoms with Gasteiger partial charge in [-0.15, -0.1) is 0 Å². The van der Waals surface area contributed by atoms with Crippen molar-refractivity contribution in [2.24, 2.45) is 14.1 Å². The van der Waals surface area contributed by atoms with Gasteiger partial charge in [-0.25, -0.2) is 9.67 Å². The van der Waals surface area contributed by atoms with Crippen molar-refractivity contribution < 1.29 is 4.74 Å². The van der Waals surface area contributed by atoms with E-state index in [1.807, 2.05) is 38.0 Å². The van der Waals surface area contributed by atoms with E-state index < -0.39 is 0 Å². The second kappa shape index (κ2) is 5.88. The summed E-state index contributed by atoms with van der Waals surface area (Å²) >= 11 is 0. The Bertz CT molecular complexity index is 543. The molecule has 0 saturated heterocycles. The minimum Gasteiger partial charge on any atom is -0.481 e. The first-order chi connectivity index (χ1) is 9.13. The highest BCUT2D eigenvalue weighted by Gasteiger charge is 2.12. The van der Waals surface area contributed by atoms with Crippen LogP contribution in [-0.2, 0) is 27.1 Å². The molecule has 0 aliphatic heterocycles. The van der Waals surface area contributed by atoms with Gasteiger partial charge < -0.3 is 14.6 Å². The maximum absolute atomic E-state index is 5.36. The minimum absolute atomic E-state index is 0.757. The summed E-state index contributed by atoms with van der Waals surface area (Å²) in [5.74, 6) is 1.91. The predicted octanol–water partition coefficient (Wildman–Crippen LogP) is 0.803. The monoisotopic (exact) mass is 263 g/mol. The van der Waals surface area contributed by atoms with Crippen molar-refractivity contribution in [2.45, 2.75) is 19.9 Å². The van der Waals surface area contributed by atoms with E-state index in [-0.39, 0.29) is 0 Å². The number of nitrogens with zero attached hydrogens (tertiary/aromatic N) is 4. The fourth-order valence-corrected chi connectivity index (χ4v) is 2.19. The first-order valence-electron chi connectivity index (χ1n) is 6.37. The van der Waals surface area contributed by atoms with Gasteiger partial charge in [0.05, 0.1) is 18.4 Å². The first-order valence-corrected chi connectivity index (χ1v) is 6.37. The van der Waals surface area contributed by atoms with E-state index >= 15 is 0 Å². The summed E-state index contributed by atoms with van der Waals surface area (Å²) in [7, 11) is 5.58. The van der Waals surface area contributed by atoms with E-state index in [1.54, 1.807) is 11.8 Å². The maximum Gasteiger partial charge on any atom is 0.216 e. The van der Waals surface area contributed by atoms with Crippen LogP contribution in [0.1, 0.15) is 17.1 Å². The molecule has 1 N–H and O–H groups in total. The van der Waals surface area contributed by atoms with Gasteiger partial charge in [0, 0.05) is 46.0 Å². The molecule has 0 atom stereocenters. The van der Waals surface area contributed by atoms with Crippen LogP contribution < -0.4 is 10.1 Å². The largest absolute Gasteiger partial charge is 0.481 e. The van der Waals surface area contributed by atoms with Crippen LogP contribution in [0.5, 0.6) is 5.88 Å². The van der Waals surface area contributed by atoms with Crippen LogP contribution >= 0.6 is 0 Å². The smallest absolute Gasteiger partial charge is 0.216 e. The molecule has 0 aliphatic rings. The van der Waals surface area contributed by atoms with Crippen molar-refractivity contribution in [3.63, 3.8) is 0 Å². The molecule has 6 nitrogen and oxygen atoms in total. The van der Waals surface area contributed by atoms with Crippen molar-refractivity contribution in [2.75, 3.05) is 13.7 Å². The number of nitrogens with one attached hydrogen (secondary N) is 1. The number of rotatable bonds is 6. The molecule has 2 rings (SSSR count). The third-order valence-corrected chi connectivity index (χ3v) is 3.23. The van der Waals surface area contributed by atoms with E-state index in [0.717, 1.165) is 42.5 Å². The molecule has 0 amide bonds. The Hall–Kier alpha value is -1.82. The van der Waals surface area contributed by atoms with Gasteiger partial charge >= 0.3 is 0 Å². The van der Waals surface area contributed by atoms with Gasteiger partial charge in [0.15, 0.2) is 0 Å². The predicted molar refractivity (Wildman–Crippen MR) is 73.1 cm³/mol. The zero-order valence-electron chi connectivity index (χ0n) is 12.0. The van der Waals surface area contributed by atoms with Gasteiger partial charge in [-0.2, -0.15) is 5.10 Å². The van der Waals surface area contributed by atoms with E-state index in [9.17, 15) is 0 Å². The average molecular weight is 263 g/mol. The van der Waals surface area contributed by atoms with Crippen LogP contribution in [-0.4, -0.2) is 33.0 Å². The number of methoxy groups -OCH3 is 1. The Morgan fingerprint density at radius 3 is 2.79 bits per heavy atom. The van der Waals surface area contributed by atoms with Crippen LogP contribution in [0.3, 0.4) is 0 Å². The zero-order valence-corrected chi connectivity index (χ0v) is 12.0. The summed E-state index contributed by atoms with van der Waals surface area (Å²) in [4.78, 5) is 4.30. The van der Waals surface area contributed by atoms with Gasteiger partial charge in [0.25, 0.3) is 0 Å². The summed E-state index contributed by atoms with van der Waals surface area (Å²) in [5, 5.41) is 7.77. The first kappa shape index (κ1) is 13.6.